The Morgan fingerprint density at radius 1 is 1.32 bits per heavy atom. The Morgan fingerprint density at radius 3 is 2.64 bits per heavy atom. The third-order valence-corrected chi connectivity index (χ3v) is 3.34. The molecule has 0 heterocycles. The topological polar surface area (TPSA) is 103 Å². The predicted octanol–water partition coefficient (Wildman–Crippen LogP) is 2.02. The SMILES string of the molecule is C=CCNC(=O)NC(=O)COC(=O)c1cc(Br)c(OCC)c(OC)c1. The van der Waals surface area contributed by atoms with Crippen molar-refractivity contribution in [3.05, 3.63) is 34.8 Å². The molecule has 0 aromatic heterocycles. The number of ether oxygens (including phenoxy) is 3. The van der Waals surface area contributed by atoms with E-state index in [1.807, 2.05) is 12.2 Å². The lowest BCUT2D eigenvalue weighted by molar-refractivity contribution is -0.123. The molecule has 0 spiro atoms. The number of methoxy groups -OCH3 is 1. The molecule has 0 saturated heterocycles. The standard InChI is InChI=1S/C16H19BrN2O6/c1-4-6-18-16(22)19-13(20)9-25-15(21)10-7-11(17)14(24-5-2)12(8-10)23-3/h4,7-8H,1,5-6,9H2,2-3H3,(H2,18,19,20,22). The molecule has 2 N–H and O–H groups in total. The number of benzene rings is 1. The van der Waals surface area contributed by atoms with Crippen LogP contribution in [-0.4, -0.2) is 44.8 Å². The number of amides is 3. The van der Waals surface area contributed by atoms with Crippen LogP contribution in [0.2, 0.25) is 0 Å². The summed E-state index contributed by atoms with van der Waals surface area (Å²) in [5, 5.41) is 4.37. The number of hydrogen-bond acceptors (Lipinski definition) is 6. The highest BCUT2D eigenvalue weighted by atomic mass is 79.9. The Morgan fingerprint density at radius 2 is 2.04 bits per heavy atom. The van der Waals surface area contributed by atoms with E-state index in [4.69, 9.17) is 14.2 Å². The van der Waals surface area contributed by atoms with E-state index in [2.05, 4.69) is 27.8 Å². The molecule has 8 nitrogen and oxygen atoms in total. The maximum Gasteiger partial charge on any atom is 0.338 e. The Kier molecular flexibility index (Phi) is 8.48. The van der Waals surface area contributed by atoms with Gasteiger partial charge in [-0.25, -0.2) is 9.59 Å². The van der Waals surface area contributed by atoms with Crippen molar-refractivity contribution in [2.24, 2.45) is 0 Å². The zero-order valence-corrected chi connectivity index (χ0v) is 15.5. The smallest absolute Gasteiger partial charge is 0.338 e. The second kappa shape index (κ2) is 10.3. The van der Waals surface area contributed by atoms with Gasteiger partial charge in [-0.3, -0.25) is 10.1 Å². The van der Waals surface area contributed by atoms with Gasteiger partial charge in [0, 0.05) is 6.54 Å². The van der Waals surface area contributed by atoms with E-state index < -0.39 is 24.5 Å². The van der Waals surface area contributed by atoms with E-state index in [-0.39, 0.29) is 12.1 Å². The molecule has 0 aliphatic carbocycles. The molecule has 0 saturated carbocycles. The molecule has 0 atom stereocenters. The number of rotatable bonds is 8. The van der Waals surface area contributed by atoms with Crippen molar-refractivity contribution in [2.75, 3.05) is 26.9 Å². The summed E-state index contributed by atoms with van der Waals surface area (Å²) in [6.45, 7) is 5.27. The molecule has 0 unspecified atom stereocenters. The first-order valence-electron chi connectivity index (χ1n) is 7.28. The molecule has 0 fully saturated rings. The van der Waals surface area contributed by atoms with Crippen LogP contribution in [0.1, 0.15) is 17.3 Å². The Bertz CT molecular complexity index is 662. The third-order valence-electron chi connectivity index (χ3n) is 2.75. The van der Waals surface area contributed by atoms with Crippen LogP contribution in [-0.2, 0) is 9.53 Å². The zero-order valence-electron chi connectivity index (χ0n) is 13.9. The van der Waals surface area contributed by atoms with Gasteiger partial charge in [0.15, 0.2) is 18.1 Å². The molecule has 0 aliphatic heterocycles. The number of esters is 1. The van der Waals surface area contributed by atoms with Gasteiger partial charge < -0.3 is 19.5 Å². The van der Waals surface area contributed by atoms with Crippen LogP contribution in [0, 0.1) is 0 Å². The average Bonchev–Trinajstić information content (AvgIpc) is 2.59. The highest BCUT2D eigenvalue weighted by Gasteiger charge is 2.17. The molecule has 0 bridgehead atoms. The molecule has 3 amide bonds. The van der Waals surface area contributed by atoms with E-state index in [0.717, 1.165) is 0 Å². The lowest BCUT2D eigenvalue weighted by Gasteiger charge is -2.13. The number of carbonyl (C=O) groups is 3. The second-order valence-electron chi connectivity index (χ2n) is 4.55. The van der Waals surface area contributed by atoms with Gasteiger partial charge in [0.05, 0.1) is 23.8 Å². The number of urea groups is 1. The summed E-state index contributed by atoms with van der Waals surface area (Å²) in [6.07, 6.45) is 1.46. The molecular weight excluding hydrogens is 396 g/mol. The summed E-state index contributed by atoms with van der Waals surface area (Å²) in [6, 6.07) is 2.23. The number of hydrogen-bond donors (Lipinski definition) is 2. The van der Waals surface area contributed by atoms with Crippen LogP contribution < -0.4 is 20.1 Å². The minimum atomic E-state index is -0.758. The largest absolute Gasteiger partial charge is 0.493 e. The van der Waals surface area contributed by atoms with Crippen LogP contribution in [0.3, 0.4) is 0 Å². The van der Waals surface area contributed by atoms with Crippen LogP contribution in [0.15, 0.2) is 29.3 Å². The van der Waals surface area contributed by atoms with E-state index in [0.29, 0.717) is 22.6 Å². The molecule has 25 heavy (non-hydrogen) atoms. The number of imide groups is 1. The van der Waals surface area contributed by atoms with Gasteiger partial charge in [0.1, 0.15) is 0 Å². The first-order chi connectivity index (χ1) is 11.9. The van der Waals surface area contributed by atoms with Crippen molar-refractivity contribution in [3.63, 3.8) is 0 Å². The number of halogens is 1. The fraction of sp³-hybridized carbons (Fsp3) is 0.312. The van der Waals surface area contributed by atoms with Gasteiger partial charge in [-0.15, -0.1) is 6.58 Å². The molecule has 1 aromatic rings. The van der Waals surface area contributed by atoms with E-state index in [1.165, 1.54) is 25.3 Å². The van der Waals surface area contributed by atoms with Crippen molar-refractivity contribution in [2.45, 2.75) is 6.92 Å². The molecule has 136 valence electrons. The van der Waals surface area contributed by atoms with Gasteiger partial charge >= 0.3 is 12.0 Å². The third kappa shape index (κ3) is 6.46. The fourth-order valence-corrected chi connectivity index (χ4v) is 2.26. The first kappa shape index (κ1) is 20.5. The molecule has 0 aliphatic rings. The second-order valence-corrected chi connectivity index (χ2v) is 5.40. The minimum Gasteiger partial charge on any atom is -0.493 e. The summed E-state index contributed by atoms with van der Waals surface area (Å²) < 4.78 is 16.0. The first-order valence-corrected chi connectivity index (χ1v) is 8.08. The maximum atomic E-state index is 12.1. The summed E-state index contributed by atoms with van der Waals surface area (Å²) >= 11 is 3.29. The summed E-state index contributed by atoms with van der Waals surface area (Å²) in [5.74, 6) is -0.704. The monoisotopic (exact) mass is 414 g/mol. The number of carbonyl (C=O) groups excluding carboxylic acids is 3. The molecular formula is C16H19BrN2O6. The summed E-state index contributed by atoms with van der Waals surface area (Å²) in [5.41, 5.74) is 0.163. The van der Waals surface area contributed by atoms with Gasteiger partial charge in [-0.2, -0.15) is 0 Å². The minimum absolute atomic E-state index is 0.163. The highest BCUT2D eigenvalue weighted by molar-refractivity contribution is 9.10. The highest BCUT2D eigenvalue weighted by Crippen LogP contribution is 2.36. The lowest BCUT2D eigenvalue weighted by atomic mass is 10.2. The molecule has 0 radical (unpaired) electrons. The van der Waals surface area contributed by atoms with Gasteiger partial charge in [0.2, 0.25) is 0 Å². The average molecular weight is 415 g/mol. The van der Waals surface area contributed by atoms with Crippen LogP contribution in [0.4, 0.5) is 4.79 Å². The van der Waals surface area contributed by atoms with Crippen molar-refractivity contribution in [1.29, 1.82) is 0 Å². The van der Waals surface area contributed by atoms with E-state index in [1.54, 1.807) is 0 Å². The van der Waals surface area contributed by atoms with Crippen LogP contribution in [0.25, 0.3) is 0 Å². The molecule has 9 heteroatoms. The predicted molar refractivity (Wildman–Crippen MR) is 93.9 cm³/mol. The van der Waals surface area contributed by atoms with E-state index >= 15 is 0 Å². The lowest BCUT2D eigenvalue weighted by Crippen LogP contribution is -2.41. The quantitative estimate of drug-likeness (QED) is 0.498. The Balaban J connectivity index is 2.68. The van der Waals surface area contributed by atoms with Gasteiger partial charge in [-0.05, 0) is 35.0 Å². The summed E-state index contributed by atoms with van der Waals surface area (Å²) in [7, 11) is 1.44. The Labute approximate surface area is 153 Å². The van der Waals surface area contributed by atoms with Crippen LogP contribution in [0.5, 0.6) is 11.5 Å². The van der Waals surface area contributed by atoms with Gasteiger partial charge in [-0.1, -0.05) is 6.08 Å². The zero-order chi connectivity index (χ0) is 18.8. The summed E-state index contributed by atoms with van der Waals surface area (Å²) in [4.78, 5) is 34.9. The van der Waals surface area contributed by atoms with Gasteiger partial charge in [0.25, 0.3) is 5.91 Å². The molecule has 1 aromatic carbocycles. The fourth-order valence-electron chi connectivity index (χ4n) is 1.71. The Hall–Kier alpha value is -2.55. The van der Waals surface area contributed by atoms with E-state index in [9.17, 15) is 14.4 Å². The van der Waals surface area contributed by atoms with Crippen molar-refractivity contribution < 1.29 is 28.6 Å². The maximum absolute atomic E-state index is 12.1. The normalized spacial score (nSPS) is 9.72. The van der Waals surface area contributed by atoms with Crippen molar-refractivity contribution >= 4 is 33.8 Å². The number of nitrogens with one attached hydrogen (secondary N) is 2. The van der Waals surface area contributed by atoms with Crippen molar-refractivity contribution in [1.82, 2.24) is 10.6 Å². The van der Waals surface area contributed by atoms with Crippen molar-refractivity contribution in [3.8, 4) is 11.5 Å². The molecule has 1 rings (SSSR count). The van der Waals surface area contributed by atoms with Crippen LogP contribution >= 0.6 is 15.9 Å².